The minimum atomic E-state index is -0.517. The van der Waals surface area contributed by atoms with E-state index in [1.165, 1.54) is 18.4 Å². The fourth-order valence-electron chi connectivity index (χ4n) is 0.500. The van der Waals surface area contributed by atoms with E-state index in [2.05, 4.69) is 25.7 Å². The molecule has 0 aliphatic carbocycles. The zero-order valence-corrected chi connectivity index (χ0v) is 8.59. The fourth-order valence-corrected chi connectivity index (χ4v) is 2.29. The van der Waals surface area contributed by atoms with Crippen LogP contribution in [-0.2, 0) is 4.74 Å². The Morgan fingerprint density at radius 1 is 1.82 bits per heavy atom. The van der Waals surface area contributed by atoms with Gasteiger partial charge in [-0.25, -0.2) is 9.78 Å². The van der Waals surface area contributed by atoms with Crippen LogP contribution in [0, 0.1) is 0 Å². The van der Waals surface area contributed by atoms with Gasteiger partial charge in [0, 0.05) is 0 Å². The van der Waals surface area contributed by atoms with Gasteiger partial charge in [-0.1, -0.05) is 22.9 Å². The first-order valence-corrected chi connectivity index (χ1v) is 4.54. The molecule has 0 aromatic carbocycles. The van der Waals surface area contributed by atoms with Gasteiger partial charge in [0.25, 0.3) is 0 Å². The second kappa shape index (κ2) is 3.51. The smallest absolute Gasteiger partial charge is 0.359 e. The average molecular weight is 257 g/mol. The summed E-state index contributed by atoms with van der Waals surface area (Å²) in [5, 5.41) is 0. The van der Waals surface area contributed by atoms with Crippen molar-refractivity contribution in [2.45, 2.75) is 0 Å². The van der Waals surface area contributed by atoms with Gasteiger partial charge in [0.1, 0.15) is 4.34 Å². The van der Waals surface area contributed by atoms with Crippen molar-refractivity contribution in [3.8, 4) is 0 Å². The van der Waals surface area contributed by atoms with Gasteiger partial charge in [-0.15, -0.1) is 0 Å². The zero-order valence-electron chi connectivity index (χ0n) is 5.43. The van der Waals surface area contributed by atoms with Gasteiger partial charge in [-0.3, -0.25) is 0 Å². The van der Waals surface area contributed by atoms with E-state index >= 15 is 0 Å². The van der Waals surface area contributed by atoms with Gasteiger partial charge in [0.15, 0.2) is 9.61 Å². The van der Waals surface area contributed by atoms with Crippen LogP contribution in [-0.4, -0.2) is 18.1 Å². The first kappa shape index (κ1) is 8.96. The van der Waals surface area contributed by atoms with Crippen molar-refractivity contribution in [3.63, 3.8) is 0 Å². The summed E-state index contributed by atoms with van der Waals surface area (Å²) in [5.74, 6) is -0.517. The predicted octanol–water partition coefficient (Wildman–Crippen LogP) is 2.35. The van der Waals surface area contributed by atoms with Crippen molar-refractivity contribution in [2.75, 3.05) is 7.11 Å². The molecule has 0 aliphatic rings. The molecule has 0 saturated heterocycles. The summed E-state index contributed by atoms with van der Waals surface area (Å²) >= 11 is 9.92. The molecule has 1 aromatic heterocycles. The number of ether oxygens (including phenoxy) is 1. The van der Waals surface area contributed by atoms with E-state index < -0.39 is 5.97 Å². The van der Waals surface area contributed by atoms with Crippen LogP contribution in [0.5, 0.6) is 0 Å². The van der Waals surface area contributed by atoms with Crippen molar-refractivity contribution in [3.05, 3.63) is 13.9 Å². The Kier molecular flexibility index (Phi) is 2.86. The normalized spacial score (nSPS) is 9.73. The summed E-state index contributed by atoms with van der Waals surface area (Å²) < 4.78 is 5.34. The van der Waals surface area contributed by atoms with Gasteiger partial charge in [-0.05, 0) is 15.9 Å². The van der Waals surface area contributed by atoms with Crippen LogP contribution in [0.25, 0.3) is 0 Å². The Labute approximate surface area is 80.5 Å². The molecule has 0 radical (unpaired) electrons. The summed E-state index contributed by atoms with van der Waals surface area (Å²) in [7, 11) is 1.28. The molecule has 11 heavy (non-hydrogen) atoms. The molecule has 1 rings (SSSR count). The Hall–Kier alpha value is -0.130. The van der Waals surface area contributed by atoms with Crippen molar-refractivity contribution in [1.29, 1.82) is 0 Å². The number of hydrogen-bond acceptors (Lipinski definition) is 4. The summed E-state index contributed by atoms with van der Waals surface area (Å²) in [6.45, 7) is 0. The van der Waals surface area contributed by atoms with Crippen molar-refractivity contribution in [1.82, 2.24) is 4.98 Å². The van der Waals surface area contributed by atoms with E-state index in [-0.39, 0.29) is 5.69 Å². The molecule has 0 bridgehead atoms. The number of halogens is 2. The summed E-state index contributed by atoms with van der Waals surface area (Å²) in [5.41, 5.74) is 0.158. The topological polar surface area (TPSA) is 39.2 Å². The SMILES string of the molecule is COC(=O)c1nc(Br)sc1Cl. The summed E-state index contributed by atoms with van der Waals surface area (Å²) in [4.78, 5) is 14.7. The van der Waals surface area contributed by atoms with E-state index in [1.807, 2.05) is 0 Å². The van der Waals surface area contributed by atoms with Crippen molar-refractivity contribution < 1.29 is 9.53 Å². The van der Waals surface area contributed by atoms with Gasteiger partial charge >= 0.3 is 5.97 Å². The number of methoxy groups -OCH3 is 1. The largest absolute Gasteiger partial charge is 0.464 e. The lowest BCUT2D eigenvalue weighted by molar-refractivity contribution is 0.0595. The number of carbonyl (C=O) groups is 1. The molecule has 3 nitrogen and oxygen atoms in total. The second-order valence-corrected chi connectivity index (χ2v) is 4.46. The molecule has 0 N–H and O–H groups in total. The molecular weight excluding hydrogens is 253 g/mol. The number of nitrogens with zero attached hydrogens (tertiary/aromatic N) is 1. The van der Waals surface area contributed by atoms with Gasteiger partial charge in [-0.2, -0.15) is 0 Å². The lowest BCUT2D eigenvalue weighted by atomic mass is 10.5. The number of carbonyl (C=O) groups excluding carboxylic acids is 1. The Morgan fingerprint density at radius 2 is 2.45 bits per heavy atom. The molecule has 1 heterocycles. The standard InChI is InChI=1S/C5H3BrClNO2S/c1-10-4(9)2-3(7)11-5(6)8-2/h1H3. The maximum absolute atomic E-state index is 10.9. The van der Waals surface area contributed by atoms with Crippen LogP contribution in [0.15, 0.2) is 3.92 Å². The first-order valence-electron chi connectivity index (χ1n) is 2.55. The number of esters is 1. The van der Waals surface area contributed by atoms with Crippen LogP contribution in [0.3, 0.4) is 0 Å². The lowest BCUT2D eigenvalue weighted by Crippen LogP contribution is -2.01. The molecular formula is C5H3BrClNO2S. The highest BCUT2D eigenvalue weighted by molar-refractivity contribution is 9.11. The highest BCUT2D eigenvalue weighted by Gasteiger charge is 2.15. The van der Waals surface area contributed by atoms with Gasteiger partial charge in [0.2, 0.25) is 0 Å². The lowest BCUT2D eigenvalue weighted by Gasteiger charge is -1.91. The quantitative estimate of drug-likeness (QED) is 0.724. The van der Waals surface area contributed by atoms with E-state index in [9.17, 15) is 4.79 Å². The third-order valence-electron chi connectivity index (χ3n) is 0.938. The maximum Gasteiger partial charge on any atom is 0.359 e. The molecule has 6 heteroatoms. The van der Waals surface area contributed by atoms with Crippen LogP contribution in [0.1, 0.15) is 10.5 Å². The molecule has 0 atom stereocenters. The van der Waals surface area contributed by atoms with E-state index in [0.29, 0.717) is 8.25 Å². The number of aromatic nitrogens is 1. The number of rotatable bonds is 1. The number of hydrogen-bond donors (Lipinski definition) is 0. The minimum absolute atomic E-state index is 0.158. The van der Waals surface area contributed by atoms with Crippen LogP contribution >= 0.6 is 38.9 Å². The highest BCUT2D eigenvalue weighted by Crippen LogP contribution is 2.28. The maximum atomic E-state index is 10.9. The third kappa shape index (κ3) is 1.91. The Bertz CT molecular complexity index is 288. The molecule has 0 unspecified atom stereocenters. The summed E-state index contributed by atoms with van der Waals surface area (Å²) in [6, 6.07) is 0. The molecule has 60 valence electrons. The molecule has 0 amide bonds. The Morgan fingerprint density at radius 3 is 2.82 bits per heavy atom. The summed E-state index contributed by atoms with van der Waals surface area (Å²) in [6.07, 6.45) is 0. The third-order valence-corrected chi connectivity index (χ3v) is 2.64. The average Bonchev–Trinajstić information content (AvgIpc) is 2.28. The van der Waals surface area contributed by atoms with Gasteiger partial charge < -0.3 is 4.74 Å². The molecule has 0 saturated carbocycles. The highest BCUT2D eigenvalue weighted by atomic mass is 79.9. The molecule has 0 aliphatic heterocycles. The van der Waals surface area contributed by atoms with Crippen LogP contribution in [0.4, 0.5) is 0 Å². The molecule has 0 fully saturated rings. The fraction of sp³-hybridized carbons (Fsp3) is 0.200. The van der Waals surface area contributed by atoms with Crippen molar-refractivity contribution in [2.24, 2.45) is 0 Å². The first-order chi connectivity index (χ1) is 5.15. The van der Waals surface area contributed by atoms with Gasteiger partial charge in [0.05, 0.1) is 7.11 Å². The van der Waals surface area contributed by atoms with E-state index in [0.717, 1.165) is 0 Å². The van der Waals surface area contributed by atoms with Crippen LogP contribution in [0.2, 0.25) is 4.34 Å². The molecule has 1 aromatic rings. The number of thiazole rings is 1. The monoisotopic (exact) mass is 255 g/mol. The van der Waals surface area contributed by atoms with Crippen LogP contribution < -0.4 is 0 Å². The predicted molar refractivity (Wildman–Crippen MR) is 46.2 cm³/mol. The van der Waals surface area contributed by atoms with Crippen molar-refractivity contribution >= 4 is 44.8 Å². The second-order valence-electron chi connectivity index (χ2n) is 1.58. The Balaban J connectivity index is 3.03. The van der Waals surface area contributed by atoms with E-state index in [4.69, 9.17) is 11.6 Å². The minimum Gasteiger partial charge on any atom is -0.464 e. The molecule has 0 spiro atoms. The zero-order chi connectivity index (χ0) is 8.43. The van der Waals surface area contributed by atoms with E-state index in [1.54, 1.807) is 0 Å².